The minimum Gasteiger partial charge on any atom is -0.493 e. The van der Waals surface area contributed by atoms with Crippen LogP contribution in [0, 0.1) is 6.92 Å². The first kappa shape index (κ1) is 24.3. The highest BCUT2D eigenvalue weighted by atomic mass is 32.2. The molecule has 6 heteroatoms. The maximum Gasteiger partial charge on any atom is 0.161 e. The first-order chi connectivity index (χ1) is 16.5. The van der Waals surface area contributed by atoms with Gasteiger partial charge in [-0.2, -0.15) is 0 Å². The molecule has 1 aliphatic rings. The van der Waals surface area contributed by atoms with Gasteiger partial charge in [0.05, 0.1) is 14.2 Å². The van der Waals surface area contributed by atoms with Crippen molar-refractivity contribution < 1.29 is 9.47 Å². The first-order valence-corrected chi connectivity index (χ1v) is 12.6. The fraction of sp³-hybridized carbons (Fsp3) is 0.357. The zero-order valence-electron chi connectivity index (χ0n) is 20.7. The van der Waals surface area contributed by atoms with Crippen LogP contribution in [-0.4, -0.2) is 44.3 Å². The molecule has 180 valence electrons. The lowest BCUT2D eigenvalue weighted by Gasteiger charge is -2.45. The van der Waals surface area contributed by atoms with E-state index in [0.29, 0.717) is 12.1 Å². The summed E-state index contributed by atoms with van der Waals surface area (Å²) in [7, 11) is 3.36. The number of nitrogens with zero attached hydrogens (tertiary/aromatic N) is 2. The van der Waals surface area contributed by atoms with Crippen molar-refractivity contribution in [1.82, 2.24) is 4.90 Å². The van der Waals surface area contributed by atoms with E-state index in [1.54, 1.807) is 26.2 Å². The van der Waals surface area contributed by atoms with Crippen LogP contribution < -0.4 is 19.1 Å². The molecule has 1 fully saturated rings. The molecular formula is C28H35N3O2S. The molecule has 3 aromatic rings. The SMILES string of the molecule is COc1ccc(CN2C(C)CN(c3ccc(NSc4ccc(C)cc4)cc3)CC2C)cc1OC. The maximum absolute atomic E-state index is 5.49. The zero-order valence-corrected chi connectivity index (χ0v) is 21.6. The second-order valence-electron chi connectivity index (χ2n) is 9.03. The molecule has 0 bridgehead atoms. The Balaban J connectivity index is 1.35. The second-order valence-corrected chi connectivity index (χ2v) is 9.91. The van der Waals surface area contributed by atoms with Gasteiger partial charge in [-0.3, -0.25) is 4.90 Å². The van der Waals surface area contributed by atoms with Crippen molar-refractivity contribution in [3.63, 3.8) is 0 Å². The van der Waals surface area contributed by atoms with Gasteiger partial charge in [-0.25, -0.2) is 0 Å². The number of aryl methyl sites for hydroxylation is 1. The number of hydrogen-bond donors (Lipinski definition) is 1. The smallest absolute Gasteiger partial charge is 0.161 e. The minimum absolute atomic E-state index is 0.437. The number of nitrogens with one attached hydrogen (secondary N) is 1. The standard InChI is InChI=1S/C28H35N3O2S/c1-20-6-13-26(14-7-20)34-29-24-9-11-25(12-10-24)30-17-21(2)31(22(3)18-30)19-23-8-15-27(32-4)28(16-23)33-5/h6-16,21-22,29H,17-19H2,1-5H3. The van der Waals surface area contributed by atoms with Crippen molar-refractivity contribution in [3.8, 4) is 11.5 Å². The van der Waals surface area contributed by atoms with Crippen LogP contribution in [0.4, 0.5) is 11.4 Å². The van der Waals surface area contributed by atoms with Gasteiger partial charge in [-0.15, -0.1) is 0 Å². The van der Waals surface area contributed by atoms with Gasteiger partial charge in [0.15, 0.2) is 11.5 Å². The number of methoxy groups -OCH3 is 2. The molecule has 2 unspecified atom stereocenters. The van der Waals surface area contributed by atoms with E-state index in [1.807, 2.05) is 6.07 Å². The summed E-state index contributed by atoms with van der Waals surface area (Å²) >= 11 is 1.64. The van der Waals surface area contributed by atoms with Gasteiger partial charge < -0.3 is 19.1 Å². The van der Waals surface area contributed by atoms with Gasteiger partial charge in [0.1, 0.15) is 0 Å². The quantitative estimate of drug-likeness (QED) is 0.388. The van der Waals surface area contributed by atoms with E-state index in [-0.39, 0.29) is 0 Å². The van der Waals surface area contributed by atoms with Crippen LogP contribution in [0.25, 0.3) is 0 Å². The van der Waals surface area contributed by atoms with Crippen molar-refractivity contribution in [2.75, 3.05) is 36.9 Å². The minimum atomic E-state index is 0.437. The number of piperazine rings is 1. The van der Waals surface area contributed by atoms with Gasteiger partial charge >= 0.3 is 0 Å². The van der Waals surface area contributed by atoms with E-state index < -0.39 is 0 Å². The molecule has 0 saturated carbocycles. The predicted molar refractivity (Wildman–Crippen MR) is 143 cm³/mol. The summed E-state index contributed by atoms with van der Waals surface area (Å²) < 4.78 is 14.3. The van der Waals surface area contributed by atoms with Gasteiger partial charge in [0.25, 0.3) is 0 Å². The fourth-order valence-electron chi connectivity index (χ4n) is 4.53. The van der Waals surface area contributed by atoms with E-state index in [4.69, 9.17) is 9.47 Å². The molecule has 5 nitrogen and oxygen atoms in total. The van der Waals surface area contributed by atoms with E-state index in [9.17, 15) is 0 Å². The Labute approximate surface area is 208 Å². The molecule has 0 aromatic heterocycles. The third-order valence-corrected chi connectivity index (χ3v) is 7.30. The Morgan fingerprint density at radius 1 is 0.853 bits per heavy atom. The Morgan fingerprint density at radius 2 is 1.50 bits per heavy atom. The summed E-state index contributed by atoms with van der Waals surface area (Å²) in [6.07, 6.45) is 0. The van der Waals surface area contributed by atoms with Crippen LogP contribution >= 0.6 is 11.9 Å². The molecule has 2 atom stereocenters. The second kappa shape index (κ2) is 11.1. The van der Waals surface area contributed by atoms with E-state index in [0.717, 1.165) is 36.8 Å². The molecular weight excluding hydrogens is 442 g/mol. The highest BCUT2D eigenvalue weighted by Crippen LogP contribution is 2.30. The Morgan fingerprint density at radius 3 is 2.12 bits per heavy atom. The average molecular weight is 478 g/mol. The molecule has 0 amide bonds. The summed E-state index contributed by atoms with van der Waals surface area (Å²) in [5.74, 6) is 1.56. The number of benzene rings is 3. The van der Waals surface area contributed by atoms with Crippen LogP contribution in [0.5, 0.6) is 11.5 Å². The normalized spacial score (nSPS) is 18.6. The van der Waals surface area contributed by atoms with Crippen LogP contribution in [0.15, 0.2) is 71.6 Å². The zero-order chi connectivity index (χ0) is 24.1. The molecule has 0 spiro atoms. The summed E-state index contributed by atoms with van der Waals surface area (Å²) in [5.41, 5.74) is 4.91. The molecule has 0 radical (unpaired) electrons. The summed E-state index contributed by atoms with van der Waals surface area (Å²) in [6.45, 7) is 9.65. The molecule has 0 aliphatic carbocycles. The number of anilines is 2. The lowest BCUT2D eigenvalue weighted by atomic mass is 10.0. The number of rotatable bonds is 8. The summed E-state index contributed by atoms with van der Waals surface area (Å²) in [5, 5.41) is 0. The Hall–Kier alpha value is -2.83. The Kier molecular flexibility index (Phi) is 7.91. The molecule has 1 aliphatic heterocycles. The van der Waals surface area contributed by atoms with Gasteiger partial charge in [0.2, 0.25) is 0 Å². The molecule has 1 heterocycles. The largest absolute Gasteiger partial charge is 0.493 e. The lowest BCUT2D eigenvalue weighted by Crippen LogP contribution is -2.56. The maximum atomic E-state index is 5.49. The van der Waals surface area contributed by atoms with E-state index in [2.05, 4.69) is 96.0 Å². The molecule has 1 saturated heterocycles. The molecule has 3 aromatic carbocycles. The van der Waals surface area contributed by atoms with Crippen LogP contribution in [0.3, 0.4) is 0 Å². The van der Waals surface area contributed by atoms with Crippen molar-refractivity contribution >= 4 is 23.3 Å². The summed E-state index contributed by atoms with van der Waals surface area (Å²) in [6, 6.07) is 24.4. The third-order valence-electron chi connectivity index (χ3n) is 6.45. The monoisotopic (exact) mass is 477 g/mol. The third kappa shape index (κ3) is 5.80. The average Bonchev–Trinajstić information content (AvgIpc) is 2.86. The van der Waals surface area contributed by atoms with Gasteiger partial charge in [-0.1, -0.05) is 23.8 Å². The van der Waals surface area contributed by atoms with Crippen LogP contribution in [0.2, 0.25) is 0 Å². The topological polar surface area (TPSA) is 37.0 Å². The molecule has 34 heavy (non-hydrogen) atoms. The lowest BCUT2D eigenvalue weighted by molar-refractivity contribution is 0.123. The van der Waals surface area contributed by atoms with Crippen molar-refractivity contribution in [1.29, 1.82) is 0 Å². The van der Waals surface area contributed by atoms with Crippen LogP contribution in [-0.2, 0) is 6.54 Å². The van der Waals surface area contributed by atoms with Crippen molar-refractivity contribution in [2.24, 2.45) is 0 Å². The first-order valence-electron chi connectivity index (χ1n) is 11.8. The summed E-state index contributed by atoms with van der Waals surface area (Å²) in [4.78, 5) is 6.28. The van der Waals surface area contributed by atoms with Crippen LogP contribution in [0.1, 0.15) is 25.0 Å². The van der Waals surface area contributed by atoms with Gasteiger partial charge in [-0.05, 0) is 86.8 Å². The Bertz CT molecular complexity index is 1060. The van der Waals surface area contributed by atoms with Gasteiger partial charge in [0, 0.05) is 48.0 Å². The van der Waals surface area contributed by atoms with Crippen molar-refractivity contribution in [3.05, 3.63) is 77.9 Å². The number of hydrogen-bond acceptors (Lipinski definition) is 6. The predicted octanol–water partition coefficient (Wildman–Crippen LogP) is 6.23. The highest BCUT2D eigenvalue weighted by Gasteiger charge is 2.29. The molecule has 4 rings (SSSR count). The van der Waals surface area contributed by atoms with E-state index >= 15 is 0 Å². The molecule has 1 N–H and O–H groups in total. The number of ether oxygens (including phenoxy) is 2. The highest BCUT2D eigenvalue weighted by molar-refractivity contribution is 8.00. The van der Waals surface area contributed by atoms with E-state index in [1.165, 1.54) is 21.7 Å². The fourth-order valence-corrected chi connectivity index (χ4v) is 5.18. The van der Waals surface area contributed by atoms with Crippen molar-refractivity contribution in [2.45, 2.75) is 44.3 Å².